The standard InChI is InChI=1S/C33H39F4N9O2Si/c1-49(2,3)15-14-48-22-44-13-8-26-29(39-21-40-30(26)44)23-17-41-46(18-23)32(9-10-38)19-45(20-32)25-6-11-43(12-7-25)31(47)42-28-5-4-24(34)16-27(28)33(35,36)37/h4-5,8,13,16-18,21,25H,6-7,9,11-12,14-15,19-20,22H2,1-3H3,(H,42,47). The van der Waals surface area contributed by atoms with Gasteiger partial charge in [-0.25, -0.2) is 19.2 Å². The molecule has 2 amide bonds. The van der Waals surface area contributed by atoms with Crippen LogP contribution in [0.1, 0.15) is 24.8 Å². The number of urea groups is 1. The van der Waals surface area contributed by atoms with Crippen molar-refractivity contribution < 1.29 is 27.1 Å². The van der Waals surface area contributed by atoms with Gasteiger partial charge >= 0.3 is 12.2 Å². The third kappa shape index (κ3) is 7.48. The highest BCUT2D eigenvalue weighted by molar-refractivity contribution is 6.76. The number of aromatic nitrogens is 5. The van der Waals surface area contributed by atoms with Crippen molar-refractivity contribution in [2.75, 3.05) is 38.1 Å². The summed E-state index contributed by atoms with van der Waals surface area (Å²) in [7, 11) is -1.19. The number of nitriles is 1. The maximum atomic E-state index is 13.5. The van der Waals surface area contributed by atoms with Gasteiger partial charge in [0.05, 0.1) is 35.6 Å². The van der Waals surface area contributed by atoms with E-state index in [9.17, 15) is 27.6 Å². The van der Waals surface area contributed by atoms with Crippen LogP contribution in [0.4, 0.5) is 28.0 Å². The molecule has 11 nitrogen and oxygen atoms in total. The minimum absolute atomic E-state index is 0.136. The third-order valence-electron chi connectivity index (χ3n) is 9.32. The Morgan fingerprint density at radius 3 is 2.61 bits per heavy atom. The van der Waals surface area contributed by atoms with Crippen LogP contribution in [0.15, 0.2) is 49.2 Å². The van der Waals surface area contributed by atoms with Crippen molar-refractivity contribution in [2.45, 2.75) is 69.4 Å². The Morgan fingerprint density at radius 2 is 1.92 bits per heavy atom. The number of likely N-dealkylation sites (tertiary alicyclic amines) is 2. The van der Waals surface area contributed by atoms with Crippen molar-refractivity contribution in [3.05, 3.63) is 60.6 Å². The zero-order valence-corrected chi connectivity index (χ0v) is 28.7. The van der Waals surface area contributed by atoms with Crippen LogP contribution in [-0.4, -0.2) is 87.0 Å². The second-order valence-electron chi connectivity index (χ2n) is 14.1. The molecule has 2 fully saturated rings. The molecule has 5 heterocycles. The van der Waals surface area contributed by atoms with Gasteiger partial charge in [0.2, 0.25) is 0 Å². The zero-order valence-electron chi connectivity index (χ0n) is 27.7. The predicted octanol–water partition coefficient (Wildman–Crippen LogP) is 6.39. The summed E-state index contributed by atoms with van der Waals surface area (Å²) < 4.78 is 63.4. The first-order chi connectivity index (χ1) is 23.3. The van der Waals surface area contributed by atoms with E-state index in [4.69, 9.17) is 4.74 Å². The van der Waals surface area contributed by atoms with Crippen molar-refractivity contribution in [2.24, 2.45) is 0 Å². The Balaban J connectivity index is 1.07. The molecule has 260 valence electrons. The number of alkyl halides is 3. The molecule has 0 saturated carbocycles. The number of benzene rings is 1. The lowest BCUT2D eigenvalue weighted by Gasteiger charge is -2.53. The number of nitrogens with zero attached hydrogens (tertiary/aromatic N) is 8. The van der Waals surface area contributed by atoms with E-state index in [2.05, 4.69) is 51.0 Å². The van der Waals surface area contributed by atoms with E-state index in [-0.39, 0.29) is 12.5 Å². The number of piperidine rings is 1. The van der Waals surface area contributed by atoms with Crippen molar-refractivity contribution in [3.63, 3.8) is 0 Å². The van der Waals surface area contributed by atoms with Gasteiger partial charge in [-0.2, -0.15) is 23.5 Å². The molecule has 2 aliphatic rings. The molecule has 0 spiro atoms. The fourth-order valence-electron chi connectivity index (χ4n) is 6.52. The minimum atomic E-state index is -4.81. The van der Waals surface area contributed by atoms with Gasteiger partial charge in [0, 0.05) is 70.2 Å². The average molecular weight is 698 g/mol. The van der Waals surface area contributed by atoms with Crippen LogP contribution >= 0.6 is 0 Å². The van der Waals surface area contributed by atoms with Crippen LogP contribution in [0.3, 0.4) is 0 Å². The number of hydrogen-bond acceptors (Lipinski definition) is 7. The average Bonchev–Trinajstić information content (AvgIpc) is 3.69. The first-order valence-electron chi connectivity index (χ1n) is 16.2. The van der Waals surface area contributed by atoms with Gasteiger partial charge in [-0.05, 0) is 43.2 Å². The number of halogens is 4. The third-order valence-corrected chi connectivity index (χ3v) is 11.0. The summed E-state index contributed by atoms with van der Waals surface area (Å²) in [5.41, 5.74) is 0.0907. The SMILES string of the molecule is C[Si](C)(C)CCOCn1ccc2c(-c3cnn(C4(CC#N)CN(C5CCN(C(=O)Nc6ccc(F)cc6C(F)(F)F)CC5)C4)c3)ncnc21. The molecule has 1 N–H and O–H groups in total. The summed E-state index contributed by atoms with van der Waals surface area (Å²) in [4.78, 5) is 25.6. The monoisotopic (exact) mass is 697 g/mol. The molecule has 0 radical (unpaired) electrons. The summed E-state index contributed by atoms with van der Waals surface area (Å²) in [6.45, 7) is 9.93. The van der Waals surface area contributed by atoms with Gasteiger partial charge in [-0.1, -0.05) is 19.6 Å². The first kappa shape index (κ1) is 34.5. The van der Waals surface area contributed by atoms with Gasteiger partial charge < -0.3 is 19.5 Å². The van der Waals surface area contributed by atoms with E-state index in [1.165, 1.54) is 11.2 Å². The molecule has 49 heavy (non-hydrogen) atoms. The van der Waals surface area contributed by atoms with Crippen molar-refractivity contribution in [1.29, 1.82) is 5.26 Å². The Bertz CT molecular complexity index is 1850. The van der Waals surface area contributed by atoms with E-state index in [1.54, 1.807) is 6.20 Å². The first-order valence-corrected chi connectivity index (χ1v) is 19.9. The van der Waals surface area contributed by atoms with Crippen LogP contribution in [-0.2, 0) is 23.2 Å². The molecule has 0 bridgehead atoms. The highest BCUT2D eigenvalue weighted by Crippen LogP contribution is 2.38. The van der Waals surface area contributed by atoms with Crippen LogP contribution in [0.25, 0.3) is 22.3 Å². The lowest BCUT2D eigenvalue weighted by atomic mass is 9.84. The molecule has 6 rings (SSSR count). The van der Waals surface area contributed by atoms with Gasteiger partial charge in [0.15, 0.2) is 0 Å². The van der Waals surface area contributed by atoms with Gasteiger partial charge in [-0.3, -0.25) is 9.58 Å². The maximum absolute atomic E-state index is 13.5. The normalized spacial score (nSPS) is 17.2. The lowest BCUT2D eigenvalue weighted by Crippen LogP contribution is -2.66. The molecule has 2 saturated heterocycles. The Kier molecular flexibility index (Phi) is 9.53. The molecule has 0 aliphatic carbocycles. The summed E-state index contributed by atoms with van der Waals surface area (Å²) in [5.74, 6) is -1.03. The fourth-order valence-corrected chi connectivity index (χ4v) is 7.28. The van der Waals surface area contributed by atoms with Crippen LogP contribution in [0, 0.1) is 17.1 Å². The topological polar surface area (TPSA) is 117 Å². The minimum Gasteiger partial charge on any atom is -0.361 e. The molecule has 3 aromatic heterocycles. The van der Waals surface area contributed by atoms with Gasteiger partial charge in [0.1, 0.15) is 30.1 Å². The molecule has 16 heteroatoms. The summed E-state index contributed by atoms with van der Waals surface area (Å²) in [6.07, 6.45) is 3.85. The van der Waals surface area contributed by atoms with Crippen molar-refractivity contribution in [1.82, 2.24) is 34.1 Å². The van der Waals surface area contributed by atoms with Gasteiger partial charge in [-0.15, -0.1) is 0 Å². The molecular weight excluding hydrogens is 659 g/mol. The van der Waals surface area contributed by atoms with Crippen LogP contribution in [0.5, 0.6) is 0 Å². The van der Waals surface area contributed by atoms with Crippen molar-refractivity contribution in [3.8, 4) is 17.3 Å². The quantitative estimate of drug-likeness (QED) is 0.116. The zero-order chi connectivity index (χ0) is 35.0. The van der Waals surface area contributed by atoms with Crippen molar-refractivity contribution >= 4 is 30.8 Å². The maximum Gasteiger partial charge on any atom is 0.418 e. The summed E-state index contributed by atoms with van der Waals surface area (Å²) in [6, 6.07) is 7.03. The van der Waals surface area contributed by atoms with E-state index in [1.807, 2.05) is 27.7 Å². The van der Waals surface area contributed by atoms with Crippen LogP contribution < -0.4 is 5.32 Å². The molecule has 0 atom stereocenters. The Morgan fingerprint density at radius 1 is 1.16 bits per heavy atom. The number of ether oxygens (including phenoxy) is 1. The number of carbonyl (C=O) groups is 1. The number of nitrogens with one attached hydrogen (secondary N) is 1. The van der Waals surface area contributed by atoms with E-state index >= 15 is 0 Å². The lowest BCUT2D eigenvalue weighted by molar-refractivity contribution is -0.137. The van der Waals surface area contributed by atoms with E-state index in [0.717, 1.165) is 40.5 Å². The molecule has 1 aromatic carbocycles. The van der Waals surface area contributed by atoms with E-state index in [0.29, 0.717) is 58.4 Å². The summed E-state index contributed by atoms with van der Waals surface area (Å²) in [5, 5.41) is 17.6. The number of carbonyl (C=O) groups excluding carboxylic acids is 1. The molecule has 4 aromatic rings. The Hall–Kier alpha value is -4.33. The predicted molar refractivity (Wildman–Crippen MR) is 178 cm³/mol. The second kappa shape index (κ2) is 13.5. The molecule has 2 aliphatic heterocycles. The number of rotatable bonds is 10. The second-order valence-corrected chi connectivity index (χ2v) is 19.7. The largest absolute Gasteiger partial charge is 0.418 e. The number of fused-ring (bicyclic) bond motifs is 1. The smallest absolute Gasteiger partial charge is 0.361 e. The Labute approximate surface area is 282 Å². The summed E-state index contributed by atoms with van der Waals surface area (Å²) >= 11 is 0. The van der Waals surface area contributed by atoms with Gasteiger partial charge in [0.25, 0.3) is 0 Å². The number of hydrogen-bond donors (Lipinski definition) is 1. The van der Waals surface area contributed by atoms with Crippen LogP contribution in [0.2, 0.25) is 25.7 Å². The molecule has 0 unspecified atom stereocenters. The number of anilines is 1. The highest BCUT2D eigenvalue weighted by atomic mass is 28.3. The van der Waals surface area contributed by atoms with E-state index < -0.39 is 42.9 Å². The molecular formula is C33H39F4N9O2Si. The number of amides is 2. The highest BCUT2D eigenvalue weighted by Gasteiger charge is 2.48. The fraction of sp³-hybridized carbons (Fsp3) is 0.485.